The van der Waals surface area contributed by atoms with Crippen LogP contribution in [0.15, 0.2) is 24.4 Å². The van der Waals surface area contributed by atoms with E-state index in [2.05, 4.69) is 4.98 Å². The van der Waals surface area contributed by atoms with E-state index < -0.39 is 5.91 Å². The number of benzene rings is 1. The SMILES string of the molecule is CC(C)Oc1cc2c(OC3C[C@@H]4C[C@H]3CN(C(=O)CN)C4)ccnc2cc1C(N)=O. The van der Waals surface area contributed by atoms with Gasteiger partial charge < -0.3 is 25.8 Å². The molecule has 1 aliphatic heterocycles. The lowest BCUT2D eigenvalue weighted by Crippen LogP contribution is -2.44. The van der Waals surface area contributed by atoms with Gasteiger partial charge in [-0.15, -0.1) is 0 Å². The number of pyridine rings is 1. The molecule has 8 heteroatoms. The number of amides is 2. The van der Waals surface area contributed by atoms with E-state index in [9.17, 15) is 9.59 Å². The molecule has 4 rings (SSSR count). The van der Waals surface area contributed by atoms with Gasteiger partial charge in [0.2, 0.25) is 5.91 Å². The van der Waals surface area contributed by atoms with Crippen LogP contribution < -0.4 is 20.9 Å². The smallest absolute Gasteiger partial charge is 0.252 e. The van der Waals surface area contributed by atoms with Crippen LogP contribution in [-0.4, -0.2) is 53.5 Å². The largest absolute Gasteiger partial charge is 0.490 e. The lowest BCUT2D eigenvalue weighted by Gasteiger charge is -2.32. The number of primary amides is 1. The molecule has 1 aromatic heterocycles. The number of ether oxygens (including phenoxy) is 2. The van der Waals surface area contributed by atoms with Crippen LogP contribution in [0, 0.1) is 11.8 Å². The van der Waals surface area contributed by atoms with E-state index in [4.69, 9.17) is 20.9 Å². The number of aromatic nitrogens is 1. The van der Waals surface area contributed by atoms with Crippen molar-refractivity contribution in [2.24, 2.45) is 23.3 Å². The number of hydrogen-bond donors (Lipinski definition) is 2. The van der Waals surface area contributed by atoms with E-state index in [1.807, 2.05) is 24.8 Å². The summed E-state index contributed by atoms with van der Waals surface area (Å²) >= 11 is 0. The number of hydrogen-bond acceptors (Lipinski definition) is 6. The third-order valence-electron chi connectivity index (χ3n) is 5.90. The number of fused-ring (bicyclic) bond motifs is 3. The number of likely N-dealkylation sites (tertiary alicyclic amines) is 1. The first kappa shape index (κ1) is 20.4. The molecule has 2 heterocycles. The van der Waals surface area contributed by atoms with E-state index in [1.165, 1.54) is 0 Å². The van der Waals surface area contributed by atoms with E-state index in [0.29, 0.717) is 35.0 Å². The summed E-state index contributed by atoms with van der Waals surface area (Å²) in [6, 6.07) is 5.26. The molecule has 4 N–H and O–H groups in total. The van der Waals surface area contributed by atoms with Gasteiger partial charge in [-0.1, -0.05) is 0 Å². The molecule has 2 fully saturated rings. The Balaban J connectivity index is 1.63. The molecule has 30 heavy (non-hydrogen) atoms. The molecule has 160 valence electrons. The van der Waals surface area contributed by atoms with Crippen molar-refractivity contribution in [3.05, 3.63) is 30.0 Å². The number of carbonyl (C=O) groups is 2. The summed E-state index contributed by atoms with van der Waals surface area (Å²) in [6.07, 6.45) is 3.52. The highest BCUT2D eigenvalue weighted by molar-refractivity contribution is 6.01. The fourth-order valence-corrected chi connectivity index (χ4v) is 4.64. The summed E-state index contributed by atoms with van der Waals surface area (Å²) in [5, 5.41) is 0.773. The maximum Gasteiger partial charge on any atom is 0.252 e. The summed E-state index contributed by atoms with van der Waals surface area (Å²) < 4.78 is 12.3. The molecule has 1 unspecified atom stereocenters. The predicted molar refractivity (Wildman–Crippen MR) is 112 cm³/mol. The van der Waals surface area contributed by atoms with Gasteiger partial charge in [-0.25, -0.2) is 0 Å². The van der Waals surface area contributed by atoms with Gasteiger partial charge in [0.25, 0.3) is 5.91 Å². The highest BCUT2D eigenvalue weighted by Crippen LogP contribution is 2.40. The average Bonchev–Trinajstić information content (AvgIpc) is 2.99. The maximum atomic E-state index is 12.0. The molecular weight excluding hydrogens is 384 g/mol. The van der Waals surface area contributed by atoms with E-state index in [-0.39, 0.29) is 30.6 Å². The number of nitrogens with two attached hydrogens (primary N) is 2. The molecule has 2 bridgehead atoms. The highest BCUT2D eigenvalue weighted by Gasteiger charge is 2.42. The van der Waals surface area contributed by atoms with Gasteiger partial charge in [0.05, 0.1) is 23.7 Å². The zero-order valence-corrected chi connectivity index (χ0v) is 17.3. The minimum absolute atomic E-state index is 0.00540. The van der Waals surface area contributed by atoms with Crippen molar-refractivity contribution in [1.29, 1.82) is 0 Å². The van der Waals surface area contributed by atoms with Crippen LogP contribution in [0.2, 0.25) is 0 Å². The monoisotopic (exact) mass is 412 g/mol. The van der Waals surface area contributed by atoms with E-state index in [1.54, 1.807) is 18.3 Å². The van der Waals surface area contributed by atoms with Gasteiger partial charge in [0, 0.05) is 30.6 Å². The molecule has 1 saturated carbocycles. The molecule has 2 amide bonds. The molecule has 3 atom stereocenters. The van der Waals surface area contributed by atoms with Gasteiger partial charge in [0.1, 0.15) is 17.6 Å². The lowest BCUT2D eigenvalue weighted by molar-refractivity contribution is -0.131. The standard InChI is InChI=1S/C22H28N4O4/c1-12(2)29-20-8-15-17(7-16(20)22(24)28)25-4-3-18(15)30-19-6-13-5-14(19)11-26(10-13)21(27)9-23/h3-4,7-8,12-14,19H,5-6,9-11,23H2,1-2H3,(H2,24,28)/t13-,14-,19?/m0/s1. The molecule has 2 aliphatic rings. The zero-order chi connectivity index (χ0) is 21.4. The maximum absolute atomic E-state index is 12.0. The number of nitrogens with zero attached hydrogens (tertiary/aromatic N) is 2. The van der Waals surface area contributed by atoms with Gasteiger partial charge >= 0.3 is 0 Å². The first-order valence-corrected chi connectivity index (χ1v) is 10.4. The predicted octanol–water partition coefficient (Wildman–Crippen LogP) is 1.70. The summed E-state index contributed by atoms with van der Waals surface area (Å²) in [5.41, 5.74) is 12.0. The second-order valence-corrected chi connectivity index (χ2v) is 8.46. The molecule has 1 saturated heterocycles. The minimum Gasteiger partial charge on any atom is -0.490 e. The zero-order valence-electron chi connectivity index (χ0n) is 17.3. The van der Waals surface area contributed by atoms with Gasteiger partial charge in [-0.2, -0.15) is 0 Å². The van der Waals surface area contributed by atoms with Crippen molar-refractivity contribution >= 4 is 22.7 Å². The summed E-state index contributed by atoms with van der Waals surface area (Å²) in [4.78, 5) is 30.2. The minimum atomic E-state index is -0.560. The Hall–Kier alpha value is -2.87. The normalized spacial score (nSPS) is 23.1. The topological polar surface area (TPSA) is 121 Å². The Labute approximate surface area is 175 Å². The van der Waals surface area contributed by atoms with Crippen molar-refractivity contribution in [2.45, 2.75) is 38.9 Å². The van der Waals surface area contributed by atoms with Crippen LogP contribution in [0.5, 0.6) is 11.5 Å². The fourth-order valence-electron chi connectivity index (χ4n) is 4.64. The number of carbonyl (C=O) groups excluding carboxylic acids is 2. The van der Waals surface area contributed by atoms with E-state index >= 15 is 0 Å². The van der Waals surface area contributed by atoms with Crippen LogP contribution in [0.25, 0.3) is 10.9 Å². The van der Waals surface area contributed by atoms with Gasteiger partial charge in [-0.05, 0) is 50.8 Å². The molecule has 8 nitrogen and oxygen atoms in total. The number of rotatable bonds is 6. The molecule has 1 aromatic carbocycles. The molecule has 0 spiro atoms. The first-order valence-electron chi connectivity index (χ1n) is 10.4. The molecular formula is C22H28N4O4. The first-order chi connectivity index (χ1) is 14.4. The highest BCUT2D eigenvalue weighted by atomic mass is 16.5. The quantitative estimate of drug-likeness (QED) is 0.745. The summed E-state index contributed by atoms with van der Waals surface area (Å²) in [7, 11) is 0. The summed E-state index contributed by atoms with van der Waals surface area (Å²) in [6.45, 7) is 5.25. The Morgan fingerprint density at radius 3 is 2.73 bits per heavy atom. The van der Waals surface area contributed by atoms with Crippen LogP contribution >= 0.6 is 0 Å². The Kier molecular flexibility index (Phi) is 5.51. The Morgan fingerprint density at radius 1 is 1.23 bits per heavy atom. The second-order valence-electron chi connectivity index (χ2n) is 8.46. The van der Waals surface area contributed by atoms with E-state index in [0.717, 1.165) is 24.8 Å². The van der Waals surface area contributed by atoms with Crippen molar-refractivity contribution < 1.29 is 19.1 Å². The van der Waals surface area contributed by atoms with Crippen LogP contribution in [0.4, 0.5) is 0 Å². The van der Waals surface area contributed by atoms with Crippen LogP contribution in [0.3, 0.4) is 0 Å². The molecule has 0 radical (unpaired) electrons. The third kappa shape index (κ3) is 3.92. The number of piperidine rings is 1. The third-order valence-corrected chi connectivity index (χ3v) is 5.90. The van der Waals surface area contributed by atoms with Crippen molar-refractivity contribution in [3.8, 4) is 11.5 Å². The average molecular weight is 412 g/mol. The van der Waals surface area contributed by atoms with Crippen LogP contribution in [0.1, 0.15) is 37.0 Å². The van der Waals surface area contributed by atoms with Gasteiger partial charge in [-0.3, -0.25) is 14.6 Å². The van der Waals surface area contributed by atoms with Crippen molar-refractivity contribution in [2.75, 3.05) is 19.6 Å². The molecule has 2 aromatic rings. The second kappa shape index (κ2) is 8.10. The Bertz CT molecular complexity index is 977. The lowest BCUT2D eigenvalue weighted by atomic mass is 9.98. The van der Waals surface area contributed by atoms with Crippen molar-refractivity contribution in [3.63, 3.8) is 0 Å². The molecule has 1 aliphatic carbocycles. The summed E-state index contributed by atoms with van der Waals surface area (Å²) in [5.74, 6) is 1.26. The Morgan fingerprint density at radius 2 is 2.03 bits per heavy atom. The van der Waals surface area contributed by atoms with Gasteiger partial charge in [0.15, 0.2) is 0 Å². The van der Waals surface area contributed by atoms with Crippen molar-refractivity contribution in [1.82, 2.24) is 9.88 Å². The van der Waals surface area contributed by atoms with Crippen LogP contribution in [-0.2, 0) is 4.79 Å². The fraction of sp³-hybridized carbons (Fsp3) is 0.500.